The highest BCUT2D eigenvalue weighted by Gasteiger charge is 2.31. The van der Waals surface area contributed by atoms with Crippen LogP contribution in [0.15, 0.2) is 41.3 Å². The van der Waals surface area contributed by atoms with Crippen molar-refractivity contribution in [2.45, 2.75) is 24.7 Å². The van der Waals surface area contributed by atoms with Crippen LogP contribution < -0.4 is 9.64 Å². The summed E-state index contributed by atoms with van der Waals surface area (Å²) in [5, 5.41) is 0. The molecule has 4 rings (SSSR count). The molecule has 1 amide bonds. The van der Waals surface area contributed by atoms with Gasteiger partial charge in [0, 0.05) is 44.8 Å². The quantitative estimate of drug-likeness (QED) is 0.639. The molecule has 2 aromatic carbocycles. The Morgan fingerprint density at radius 2 is 1.74 bits per heavy atom. The van der Waals surface area contributed by atoms with Crippen molar-refractivity contribution in [3.63, 3.8) is 0 Å². The second-order valence-corrected chi connectivity index (χ2v) is 10.8. The Morgan fingerprint density at radius 1 is 1.00 bits per heavy atom. The van der Waals surface area contributed by atoms with Crippen LogP contribution in [-0.2, 0) is 10.0 Å². The molecule has 2 saturated heterocycles. The smallest absolute Gasteiger partial charge is 0.254 e. The summed E-state index contributed by atoms with van der Waals surface area (Å²) in [5.41, 5.74) is 0.738. The van der Waals surface area contributed by atoms with E-state index in [1.54, 1.807) is 27.4 Å². The topological polar surface area (TPSA) is 70.2 Å². The Balaban J connectivity index is 1.51. The maximum atomic E-state index is 13.5. The number of ether oxygens (including phenoxy) is 1. The van der Waals surface area contributed by atoms with Gasteiger partial charge in [-0.05, 0) is 55.2 Å². The van der Waals surface area contributed by atoms with Crippen LogP contribution in [0.25, 0.3) is 0 Å². The minimum atomic E-state index is -3.63. The fourth-order valence-electron chi connectivity index (χ4n) is 4.55. The van der Waals surface area contributed by atoms with E-state index >= 15 is 0 Å². The molecule has 2 aliphatic rings. The van der Waals surface area contributed by atoms with Crippen molar-refractivity contribution >= 4 is 21.6 Å². The third kappa shape index (κ3) is 4.88. The Labute approximate surface area is 199 Å². The number of methoxy groups -OCH3 is 1. The van der Waals surface area contributed by atoms with Gasteiger partial charge in [-0.3, -0.25) is 4.79 Å². The summed E-state index contributed by atoms with van der Waals surface area (Å²) in [5.74, 6) is -1.56. The van der Waals surface area contributed by atoms with E-state index < -0.39 is 21.7 Å². The molecule has 34 heavy (non-hydrogen) atoms. The van der Waals surface area contributed by atoms with E-state index in [-0.39, 0.29) is 16.4 Å². The van der Waals surface area contributed by atoms with Crippen molar-refractivity contribution in [2.24, 2.45) is 5.92 Å². The molecule has 0 spiro atoms. The maximum absolute atomic E-state index is 13.5. The Bertz CT molecular complexity index is 1170. The molecule has 2 aliphatic heterocycles. The molecule has 0 N–H and O–H groups in total. The van der Waals surface area contributed by atoms with Crippen molar-refractivity contribution in [1.82, 2.24) is 9.21 Å². The van der Waals surface area contributed by atoms with Gasteiger partial charge in [0.15, 0.2) is 11.6 Å². The number of carbonyl (C=O) groups excluding carboxylic acids is 1. The molecule has 184 valence electrons. The molecule has 0 radical (unpaired) electrons. The number of carbonyl (C=O) groups is 1. The lowest BCUT2D eigenvalue weighted by Gasteiger charge is -2.37. The van der Waals surface area contributed by atoms with Crippen LogP contribution in [0, 0.1) is 17.6 Å². The van der Waals surface area contributed by atoms with Gasteiger partial charge in [-0.2, -0.15) is 4.31 Å². The number of anilines is 1. The second-order valence-electron chi connectivity index (χ2n) is 8.85. The fourth-order valence-corrected chi connectivity index (χ4v) is 6.17. The number of rotatable bonds is 5. The molecular weight excluding hydrogens is 464 g/mol. The summed E-state index contributed by atoms with van der Waals surface area (Å²) in [6, 6.07) is 7.99. The molecule has 2 fully saturated rings. The first-order valence-corrected chi connectivity index (χ1v) is 12.8. The van der Waals surface area contributed by atoms with E-state index in [4.69, 9.17) is 4.74 Å². The largest absolute Gasteiger partial charge is 0.495 e. The van der Waals surface area contributed by atoms with Gasteiger partial charge in [0.2, 0.25) is 10.0 Å². The van der Waals surface area contributed by atoms with Crippen LogP contribution in [0.1, 0.15) is 30.1 Å². The molecule has 2 heterocycles. The minimum Gasteiger partial charge on any atom is -0.495 e. The zero-order valence-corrected chi connectivity index (χ0v) is 20.2. The predicted molar refractivity (Wildman–Crippen MR) is 125 cm³/mol. The van der Waals surface area contributed by atoms with Gasteiger partial charge in [0.05, 0.1) is 17.7 Å². The van der Waals surface area contributed by atoms with Crippen LogP contribution in [0.4, 0.5) is 14.5 Å². The van der Waals surface area contributed by atoms with Crippen LogP contribution in [-0.4, -0.2) is 69.9 Å². The number of amides is 1. The molecule has 0 saturated carbocycles. The first kappa shape index (κ1) is 24.4. The number of halogens is 2. The monoisotopic (exact) mass is 493 g/mol. The molecule has 0 bridgehead atoms. The lowest BCUT2D eigenvalue weighted by molar-refractivity contribution is 0.0746. The summed E-state index contributed by atoms with van der Waals surface area (Å²) >= 11 is 0. The first-order valence-electron chi connectivity index (χ1n) is 11.4. The molecule has 2 aromatic rings. The van der Waals surface area contributed by atoms with Gasteiger partial charge in [-0.1, -0.05) is 6.92 Å². The summed E-state index contributed by atoms with van der Waals surface area (Å²) in [6.07, 6.45) is 1.87. The number of sulfonamides is 1. The van der Waals surface area contributed by atoms with Gasteiger partial charge in [0.1, 0.15) is 5.75 Å². The highest BCUT2D eigenvalue weighted by molar-refractivity contribution is 7.89. The average Bonchev–Trinajstić information content (AvgIpc) is 2.85. The van der Waals surface area contributed by atoms with Crippen molar-refractivity contribution in [1.29, 1.82) is 0 Å². The highest BCUT2D eigenvalue weighted by Crippen LogP contribution is 2.34. The van der Waals surface area contributed by atoms with E-state index in [2.05, 4.69) is 6.92 Å². The summed E-state index contributed by atoms with van der Waals surface area (Å²) in [6.45, 7) is 4.66. The molecule has 0 aliphatic carbocycles. The van der Waals surface area contributed by atoms with E-state index in [1.165, 1.54) is 13.2 Å². The number of piperidine rings is 1. The summed E-state index contributed by atoms with van der Waals surface area (Å²) in [7, 11) is -2.10. The number of benzene rings is 2. The fraction of sp³-hybridized carbons (Fsp3) is 0.458. The lowest BCUT2D eigenvalue weighted by atomic mass is 10.0. The Kier molecular flexibility index (Phi) is 7.09. The van der Waals surface area contributed by atoms with Crippen LogP contribution in [0.5, 0.6) is 5.75 Å². The van der Waals surface area contributed by atoms with Crippen molar-refractivity contribution < 1.29 is 26.7 Å². The van der Waals surface area contributed by atoms with Crippen LogP contribution in [0.3, 0.4) is 0 Å². The second kappa shape index (κ2) is 9.87. The highest BCUT2D eigenvalue weighted by atomic mass is 32.2. The Hall–Kier alpha value is -2.72. The predicted octanol–water partition coefficient (Wildman–Crippen LogP) is 3.36. The molecule has 0 aromatic heterocycles. The van der Waals surface area contributed by atoms with E-state index in [9.17, 15) is 22.0 Å². The minimum absolute atomic E-state index is 0.0915. The third-order valence-corrected chi connectivity index (χ3v) is 8.34. The van der Waals surface area contributed by atoms with Crippen molar-refractivity contribution in [2.75, 3.05) is 51.3 Å². The standard InChI is InChI=1S/C24H29F2N3O4S/c1-17-4-3-9-29(16-17)34(31,32)19-6-8-23(33-2)22(15-19)27-10-12-28(13-11-27)24(30)18-5-7-20(25)21(26)14-18/h5-8,14-15,17H,3-4,9-13,16H2,1-2H3. The number of hydrogen-bond donors (Lipinski definition) is 0. The lowest BCUT2D eigenvalue weighted by Crippen LogP contribution is -2.49. The number of nitrogens with zero attached hydrogens (tertiary/aromatic N) is 3. The third-order valence-electron chi connectivity index (χ3n) is 6.48. The van der Waals surface area contributed by atoms with Gasteiger partial charge in [0.25, 0.3) is 5.91 Å². The van der Waals surface area contributed by atoms with E-state index in [1.807, 2.05) is 4.90 Å². The Morgan fingerprint density at radius 3 is 2.38 bits per heavy atom. The molecular formula is C24H29F2N3O4S. The molecule has 1 atom stereocenters. The van der Waals surface area contributed by atoms with E-state index in [0.29, 0.717) is 56.6 Å². The average molecular weight is 494 g/mol. The van der Waals surface area contributed by atoms with Crippen LogP contribution >= 0.6 is 0 Å². The molecule has 7 nitrogen and oxygen atoms in total. The summed E-state index contributed by atoms with van der Waals surface area (Å²) < 4.78 is 60.3. The van der Waals surface area contributed by atoms with Crippen LogP contribution in [0.2, 0.25) is 0 Å². The van der Waals surface area contributed by atoms with Crippen molar-refractivity contribution in [3.05, 3.63) is 53.6 Å². The molecule has 1 unspecified atom stereocenters. The van der Waals surface area contributed by atoms with E-state index in [0.717, 1.165) is 25.0 Å². The maximum Gasteiger partial charge on any atom is 0.254 e. The van der Waals surface area contributed by atoms with Crippen molar-refractivity contribution in [3.8, 4) is 5.75 Å². The van der Waals surface area contributed by atoms with Gasteiger partial charge < -0.3 is 14.5 Å². The van der Waals surface area contributed by atoms with Gasteiger partial charge in [-0.25, -0.2) is 17.2 Å². The molecule has 10 heteroatoms. The normalized spacial score (nSPS) is 19.8. The first-order chi connectivity index (χ1) is 16.2. The number of piperazine rings is 1. The van der Waals surface area contributed by atoms with Gasteiger partial charge in [-0.15, -0.1) is 0 Å². The zero-order chi connectivity index (χ0) is 24.5. The number of hydrogen-bond acceptors (Lipinski definition) is 5. The SMILES string of the molecule is COc1ccc(S(=O)(=O)N2CCCC(C)C2)cc1N1CCN(C(=O)c2ccc(F)c(F)c2)CC1. The van der Waals surface area contributed by atoms with Gasteiger partial charge >= 0.3 is 0 Å². The zero-order valence-electron chi connectivity index (χ0n) is 19.3. The summed E-state index contributed by atoms with van der Waals surface area (Å²) in [4.78, 5) is 16.5.